The number of ether oxygens (including phenoxy) is 1. The van der Waals surface area contributed by atoms with Crippen LogP contribution in [0.1, 0.15) is 30.6 Å². The Morgan fingerprint density at radius 2 is 2.22 bits per heavy atom. The maximum absolute atomic E-state index is 11.4. The lowest BCUT2D eigenvalue weighted by Crippen LogP contribution is -2.17. The number of benzene rings is 1. The normalized spacial score (nSPS) is 11.9. The maximum Gasteiger partial charge on any atom is 0.270 e. The molecule has 98 valence electrons. The molecule has 0 aliphatic rings. The number of non-ortho nitro benzene ring substituents is 1. The lowest BCUT2D eigenvalue weighted by atomic mass is 10.1. The van der Waals surface area contributed by atoms with Crippen LogP contribution >= 0.6 is 0 Å². The minimum absolute atomic E-state index is 0.0502. The lowest BCUT2D eigenvalue weighted by Gasteiger charge is -2.12. The van der Waals surface area contributed by atoms with Crippen molar-refractivity contribution in [1.82, 2.24) is 0 Å². The predicted molar refractivity (Wildman–Crippen MR) is 64.9 cm³/mol. The van der Waals surface area contributed by atoms with Crippen molar-refractivity contribution < 1.29 is 19.6 Å². The molecule has 0 heterocycles. The number of rotatable bonds is 6. The molecular weight excluding hydrogens is 238 g/mol. The Kier molecular flexibility index (Phi) is 4.79. The molecule has 6 heteroatoms. The standard InChI is InChI=1S/C12H15NO5/c1-3-10(15)7-18-12-5-4-9(13(16)17)6-11(12)8(2)14/h4-6,10,15H,3,7H2,1-2H3. The number of aliphatic hydroxyl groups is 1. The molecule has 0 bridgehead atoms. The summed E-state index contributed by atoms with van der Waals surface area (Å²) < 4.78 is 5.29. The Bertz CT molecular complexity index is 458. The molecule has 1 aromatic carbocycles. The second kappa shape index (κ2) is 6.11. The number of hydrogen-bond acceptors (Lipinski definition) is 5. The van der Waals surface area contributed by atoms with Gasteiger partial charge in [0.2, 0.25) is 0 Å². The Balaban J connectivity index is 2.97. The van der Waals surface area contributed by atoms with E-state index in [0.717, 1.165) is 0 Å². The van der Waals surface area contributed by atoms with Crippen LogP contribution in [0.3, 0.4) is 0 Å². The fourth-order valence-corrected chi connectivity index (χ4v) is 1.34. The van der Waals surface area contributed by atoms with Crippen LogP contribution in [0.4, 0.5) is 5.69 Å². The van der Waals surface area contributed by atoms with Crippen molar-refractivity contribution in [2.75, 3.05) is 6.61 Å². The summed E-state index contributed by atoms with van der Waals surface area (Å²) in [4.78, 5) is 21.4. The van der Waals surface area contributed by atoms with Crippen molar-refractivity contribution >= 4 is 11.5 Å². The third-order valence-electron chi connectivity index (χ3n) is 2.46. The van der Waals surface area contributed by atoms with Gasteiger partial charge in [0.25, 0.3) is 5.69 Å². The summed E-state index contributed by atoms with van der Waals surface area (Å²) in [5, 5.41) is 20.0. The highest BCUT2D eigenvalue weighted by molar-refractivity contribution is 5.97. The second-order valence-electron chi connectivity index (χ2n) is 3.87. The molecule has 6 nitrogen and oxygen atoms in total. The first-order chi connectivity index (χ1) is 8.45. The maximum atomic E-state index is 11.4. The third-order valence-corrected chi connectivity index (χ3v) is 2.46. The topological polar surface area (TPSA) is 89.7 Å². The number of carbonyl (C=O) groups is 1. The highest BCUT2D eigenvalue weighted by Crippen LogP contribution is 2.24. The SMILES string of the molecule is CCC(O)COc1ccc([N+](=O)[O-])cc1C(C)=O. The van der Waals surface area contributed by atoms with Crippen LogP contribution in [-0.2, 0) is 0 Å². The van der Waals surface area contributed by atoms with Crippen LogP contribution in [0.5, 0.6) is 5.75 Å². The summed E-state index contributed by atoms with van der Waals surface area (Å²) in [5.41, 5.74) is -0.0175. The van der Waals surface area contributed by atoms with Gasteiger partial charge in [-0.3, -0.25) is 14.9 Å². The Labute approximate surface area is 104 Å². The molecule has 0 saturated carbocycles. The molecule has 0 saturated heterocycles. The first kappa shape index (κ1) is 14.1. The van der Waals surface area contributed by atoms with Gasteiger partial charge in [-0.05, 0) is 19.4 Å². The zero-order chi connectivity index (χ0) is 13.7. The number of hydrogen-bond donors (Lipinski definition) is 1. The van der Waals surface area contributed by atoms with E-state index in [-0.39, 0.29) is 29.4 Å². The van der Waals surface area contributed by atoms with Gasteiger partial charge in [-0.25, -0.2) is 0 Å². The molecule has 0 spiro atoms. The predicted octanol–water partition coefficient (Wildman–Crippen LogP) is 1.95. The molecule has 0 aliphatic carbocycles. The van der Waals surface area contributed by atoms with Gasteiger partial charge >= 0.3 is 0 Å². The summed E-state index contributed by atoms with van der Waals surface area (Å²) in [5.74, 6) is -0.0692. The van der Waals surface area contributed by atoms with Crippen molar-refractivity contribution in [3.63, 3.8) is 0 Å². The smallest absolute Gasteiger partial charge is 0.270 e. The molecule has 0 aromatic heterocycles. The molecule has 1 N–H and O–H groups in total. The molecule has 0 aliphatic heterocycles. The van der Waals surface area contributed by atoms with Crippen LogP contribution < -0.4 is 4.74 Å². The third kappa shape index (κ3) is 3.53. The van der Waals surface area contributed by atoms with E-state index in [4.69, 9.17) is 4.74 Å². The monoisotopic (exact) mass is 253 g/mol. The first-order valence-corrected chi connectivity index (χ1v) is 5.56. The molecule has 0 amide bonds. The number of nitro groups is 1. The Morgan fingerprint density at radius 3 is 2.72 bits per heavy atom. The van der Waals surface area contributed by atoms with E-state index in [1.54, 1.807) is 6.92 Å². The number of ketones is 1. The zero-order valence-corrected chi connectivity index (χ0v) is 10.3. The van der Waals surface area contributed by atoms with Gasteiger partial charge in [-0.2, -0.15) is 0 Å². The van der Waals surface area contributed by atoms with Gasteiger partial charge in [0.15, 0.2) is 5.78 Å². The van der Waals surface area contributed by atoms with Gasteiger partial charge in [-0.15, -0.1) is 0 Å². The van der Waals surface area contributed by atoms with Gasteiger partial charge in [0, 0.05) is 12.1 Å². The van der Waals surface area contributed by atoms with Crippen molar-refractivity contribution in [2.24, 2.45) is 0 Å². The van der Waals surface area contributed by atoms with E-state index in [9.17, 15) is 20.0 Å². The van der Waals surface area contributed by atoms with Crippen molar-refractivity contribution in [3.8, 4) is 5.75 Å². The molecule has 0 fully saturated rings. The highest BCUT2D eigenvalue weighted by atomic mass is 16.6. The quantitative estimate of drug-likeness (QED) is 0.475. The average molecular weight is 253 g/mol. The van der Waals surface area contributed by atoms with Crippen LogP contribution in [-0.4, -0.2) is 28.5 Å². The molecule has 1 rings (SSSR count). The van der Waals surface area contributed by atoms with Crippen molar-refractivity contribution in [2.45, 2.75) is 26.4 Å². The number of carbonyl (C=O) groups excluding carboxylic acids is 1. The summed E-state index contributed by atoms with van der Waals surface area (Å²) in [6.45, 7) is 3.16. The fourth-order valence-electron chi connectivity index (χ4n) is 1.34. The number of nitrogens with zero attached hydrogens (tertiary/aromatic N) is 1. The molecule has 1 atom stereocenters. The van der Waals surface area contributed by atoms with Crippen LogP contribution in [0, 0.1) is 10.1 Å². The van der Waals surface area contributed by atoms with Crippen molar-refractivity contribution in [3.05, 3.63) is 33.9 Å². The van der Waals surface area contributed by atoms with Gasteiger partial charge in [0.05, 0.1) is 16.6 Å². The first-order valence-electron chi connectivity index (χ1n) is 5.56. The fraction of sp³-hybridized carbons (Fsp3) is 0.417. The zero-order valence-electron chi connectivity index (χ0n) is 10.3. The summed E-state index contributed by atoms with van der Waals surface area (Å²) in [6.07, 6.45) is -0.0949. The summed E-state index contributed by atoms with van der Waals surface area (Å²) in [7, 11) is 0. The highest BCUT2D eigenvalue weighted by Gasteiger charge is 2.15. The molecular formula is C12H15NO5. The average Bonchev–Trinajstić information content (AvgIpc) is 2.35. The number of nitro benzene ring substituents is 1. The number of Topliss-reactive ketones (excluding diaryl/α,β-unsaturated/α-hetero) is 1. The van der Waals surface area contributed by atoms with E-state index in [0.29, 0.717) is 6.42 Å². The Morgan fingerprint density at radius 1 is 1.56 bits per heavy atom. The molecule has 18 heavy (non-hydrogen) atoms. The molecule has 1 aromatic rings. The van der Waals surface area contributed by atoms with E-state index >= 15 is 0 Å². The van der Waals surface area contributed by atoms with E-state index in [1.165, 1.54) is 25.1 Å². The van der Waals surface area contributed by atoms with Crippen LogP contribution in [0.15, 0.2) is 18.2 Å². The summed E-state index contributed by atoms with van der Waals surface area (Å²) in [6, 6.07) is 3.81. The van der Waals surface area contributed by atoms with E-state index in [1.807, 2.05) is 0 Å². The lowest BCUT2D eigenvalue weighted by molar-refractivity contribution is -0.384. The minimum atomic E-state index is -0.625. The van der Waals surface area contributed by atoms with Crippen molar-refractivity contribution in [1.29, 1.82) is 0 Å². The summed E-state index contributed by atoms with van der Waals surface area (Å²) >= 11 is 0. The van der Waals surface area contributed by atoms with E-state index < -0.39 is 11.0 Å². The van der Waals surface area contributed by atoms with E-state index in [2.05, 4.69) is 0 Å². The van der Waals surface area contributed by atoms with Crippen LogP contribution in [0.2, 0.25) is 0 Å². The molecule has 0 radical (unpaired) electrons. The van der Waals surface area contributed by atoms with Crippen LogP contribution in [0.25, 0.3) is 0 Å². The number of aliphatic hydroxyl groups excluding tert-OH is 1. The largest absolute Gasteiger partial charge is 0.490 e. The second-order valence-corrected chi connectivity index (χ2v) is 3.87. The van der Waals surface area contributed by atoms with Gasteiger partial charge in [-0.1, -0.05) is 6.92 Å². The van der Waals surface area contributed by atoms with Gasteiger partial charge in [0.1, 0.15) is 12.4 Å². The molecule has 1 unspecified atom stereocenters. The van der Waals surface area contributed by atoms with Gasteiger partial charge < -0.3 is 9.84 Å². The minimum Gasteiger partial charge on any atom is -0.490 e. The Hall–Kier alpha value is -1.95.